The molecule has 1 aromatic heterocycles. The topological polar surface area (TPSA) is 63.5 Å². The Balaban J connectivity index is 2.26. The molecule has 1 heterocycles. The fourth-order valence-electron chi connectivity index (χ4n) is 2.48. The maximum atomic E-state index is 11.5. The van der Waals surface area contributed by atoms with Crippen molar-refractivity contribution < 1.29 is 14.6 Å². The van der Waals surface area contributed by atoms with E-state index in [1.165, 1.54) is 0 Å². The molecule has 0 bridgehead atoms. The van der Waals surface area contributed by atoms with Gasteiger partial charge in [0.05, 0.1) is 0 Å². The maximum absolute atomic E-state index is 11.5. The predicted molar refractivity (Wildman–Crippen MR) is 78.1 cm³/mol. The van der Waals surface area contributed by atoms with Gasteiger partial charge in [-0.15, -0.1) is 0 Å². The minimum absolute atomic E-state index is 0.352. The van der Waals surface area contributed by atoms with Crippen molar-refractivity contribution in [3.63, 3.8) is 0 Å². The Morgan fingerprint density at radius 3 is 2.85 bits per heavy atom. The van der Waals surface area contributed by atoms with Gasteiger partial charge in [-0.1, -0.05) is 18.2 Å². The van der Waals surface area contributed by atoms with Crippen LogP contribution in [-0.4, -0.2) is 35.9 Å². The summed E-state index contributed by atoms with van der Waals surface area (Å²) in [4.78, 5) is 11.5. The van der Waals surface area contributed by atoms with Gasteiger partial charge in [-0.25, -0.2) is 4.79 Å². The summed E-state index contributed by atoms with van der Waals surface area (Å²) in [5, 5.41) is 13.7. The minimum atomic E-state index is -0.891. The summed E-state index contributed by atoms with van der Waals surface area (Å²) in [6.45, 7) is 2.05. The van der Waals surface area contributed by atoms with Gasteiger partial charge in [0.15, 0.2) is 0 Å². The number of aryl methyl sites for hydroxylation is 1. The molecule has 2 N–H and O–H groups in total. The first-order valence-electron chi connectivity index (χ1n) is 6.66. The van der Waals surface area contributed by atoms with Gasteiger partial charge in [0.2, 0.25) is 0 Å². The molecule has 5 nitrogen and oxygen atoms in total. The molecular formula is C15H20N2O3. The van der Waals surface area contributed by atoms with E-state index in [0.29, 0.717) is 18.8 Å². The van der Waals surface area contributed by atoms with Crippen LogP contribution in [-0.2, 0) is 18.3 Å². The third-order valence-electron chi connectivity index (χ3n) is 3.42. The fraction of sp³-hybridized carbons (Fsp3) is 0.400. The number of carboxylic acid groups (broad SMARTS) is 1. The van der Waals surface area contributed by atoms with Crippen LogP contribution >= 0.6 is 0 Å². The molecule has 0 aliphatic rings. The number of para-hydroxylation sites is 1. The van der Waals surface area contributed by atoms with Gasteiger partial charge in [0.25, 0.3) is 0 Å². The largest absolute Gasteiger partial charge is 0.477 e. The Hall–Kier alpha value is -1.85. The number of hydrogen-bond donors (Lipinski definition) is 2. The summed E-state index contributed by atoms with van der Waals surface area (Å²) >= 11 is 0. The third-order valence-corrected chi connectivity index (χ3v) is 3.42. The van der Waals surface area contributed by atoms with Crippen molar-refractivity contribution >= 4 is 16.9 Å². The summed E-state index contributed by atoms with van der Waals surface area (Å²) in [5.41, 5.74) is 2.14. The lowest BCUT2D eigenvalue weighted by molar-refractivity contribution is 0.0685. The first-order valence-corrected chi connectivity index (χ1v) is 6.66. The molecule has 5 heteroatoms. The van der Waals surface area contributed by atoms with E-state index in [-0.39, 0.29) is 0 Å². The van der Waals surface area contributed by atoms with E-state index in [1.807, 2.05) is 24.3 Å². The van der Waals surface area contributed by atoms with Crippen LogP contribution in [0, 0.1) is 0 Å². The van der Waals surface area contributed by atoms with E-state index in [0.717, 1.165) is 29.4 Å². The van der Waals surface area contributed by atoms with Gasteiger partial charge in [0, 0.05) is 43.8 Å². The molecule has 0 amide bonds. The number of rotatable bonds is 7. The number of nitrogens with zero attached hydrogens (tertiary/aromatic N) is 1. The number of carboxylic acids is 1. The average Bonchev–Trinajstić information content (AvgIpc) is 2.72. The number of methoxy groups -OCH3 is 1. The molecule has 1 aromatic carbocycles. The molecule has 0 atom stereocenters. The van der Waals surface area contributed by atoms with E-state index >= 15 is 0 Å². The number of carbonyl (C=O) groups is 1. The number of nitrogens with one attached hydrogen (secondary N) is 1. The molecule has 0 radical (unpaired) electrons. The van der Waals surface area contributed by atoms with Crippen molar-refractivity contribution in [2.45, 2.75) is 13.0 Å². The second-order valence-corrected chi connectivity index (χ2v) is 4.73. The Bertz CT molecular complexity index is 604. The molecular weight excluding hydrogens is 256 g/mol. The Kier molecular flexibility index (Phi) is 4.76. The lowest BCUT2D eigenvalue weighted by Gasteiger charge is -2.06. The number of benzene rings is 1. The van der Waals surface area contributed by atoms with Crippen LogP contribution in [0.25, 0.3) is 10.9 Å². The van der Waals surface area contributed by atoms with E-state index in [1.54, 1.807) is 18.7 Å². The lowest BCUT2D eigenvalue weighted by Crippen LogP contribution is -2.18. The smallest absolute Gasteiger partial charge is 0.352 e. The first kappa shape index (κ1) is 14.6. The number of hydrogen-bond acceptors (Lipinski definition) is 3. The van der Waals surface area contributed by atoms with Gasteiger partial charge in [-0.05, 0) is 19.0 Å². The monoisotopic (exact) mass is 276 g/mol. The standard InChI is InChI=1S/C15H20N2O3/c1-17-13-7-4-3-6-11(13)12(14(17)15(18)19)10-16-8-5-9-20-2/h3-4,6-7,16H,5,8-10H2,1-2H3,(H,18,19). The van der Waals surface area contributed by atoms with Crippen molar-refractivity contribution in [2.75, 3.05) is 20.3 Å². The Morgan fingerprint density at radius 2 is 2.15 bits per heavy atom. The molecule has 2 aromatic rings. The zero-order valence-corrected chi connectivity index (χ0v) is 11.8. The second kappa shape index (κ2) is 6.54. The van der Waals surface area contributed by atoms with E-state index in [2.05, 4.69) is 5.32 Å². The first-order chi connectivity index (χ1) is 9.66. The highest BCUT2D eigenvalue weighted by Gasteiger charge is 2.19. The summed E-state index contributed by atoms with van der Waals surface area (Å²) in [6.07, 6.45) is 0.906. The van der Waals surface area contributed by atoms with Crippen LogP contribution in [0.1, 0.15) is 22.5 Å². The van der Waals surface area contributed by atoms with Gasteiger partial charge in [-0.2, -0.15) is 0 Å². The highest BCUT2D eigenvalue weighted by Crippen LogP contribution is 2.25. The van der Waals surface area contributed by atoms with Crippen LogP contribution in [0.4, 0.5) is 0 Å². The van der Waals surface area contributed by atoms with Crippen molar-refractivity contribution in [1.29, 1.82) is 0 Å². The van der Waals surface area contributed by atoms with Gasteiger partial charge in [-0.3, -0.25) is 0 Å². The van der Waals surface area contributed by atoms with E-state index in [9.17, 15) is 9.90 Å². The normalized spacial score (nSPS) is 11.1. The Morgan fingerprint density at radius 1 is 1.40 bits per heavy atom. The van der Waals surface area contributed by atoms with Gasteiger partial charge < -0.3 is 19.7 Å². The van der Waals surface area contributed by atoms with Crippen LogP contribution < -0.4 is 5.32 Å². The molecule has 0 fully saturated rings. The summed E-state index contributed by atoms with van der Waals surface area (Å²) in [5.74, 6) is -0.891. The molecule has 0 spiro atoms. The van der Waals surface area contributed by atoms with Crippen LogP contribution in [0.5, 0.6) is 0 Å². The molecule has 0 unspecified atom stereocenters. The SMILES string of the molecule is COCCCNCc1c(C(=O)O)n(C)c2ccccc12. The van der Waals surface area contributed by atoms with Crippen LogP contribution in [0.2, 0.25) is 0 Å². The van der Waals surface area contributed by atoms with E-state index in [4.69, 9.17) is 4.74 Å². The summed E-state index contributed by atoms with van der Waals surface area (Å²) < 4.78 is 6.73. The number of ether oxygens (including phenoxy) is 1. The molecule has 0 aliphatic heterocycles. The van der Waals surface area contributed by atoms with Crippen molar-refractivity contribution in [2.24, 2.45) is 7.05 Å². The lowest BCUT2D eigenvalue weighted by atomic mass is 10.1. The number of fused-ring (bicyclic) bond motifs is 1. The third kappa shape index (κ3) is 2.84. The molecule has 108 valence electrons. The molecule has 0 saturated heterocycles. The van der Waals surface area contributed by atoms with Crippen molar-refractivity contribution in [3.8, 4) is 0 Å². The molecule has 0 aliphatic carbocycles. The zero-order chi connectivity index (χ0) is 14.5. The van der Waals surface area contributed by atoms with Crippen molar-refractivity contribution in [3.05, 3.63) is 35.5 Å². The highest BCUT2D eigenvalue weighted by molar-refractivity contribution is 5.98. The second-order valence-electron chi connectivity index (χ2n) is 4.73. The van der Waals surface area contributed by atoms with Crippen LogP contribution in [0.15, 0.2) is 24.3 Å². The fourth-order valence-corrected chi connectivity index (χ4v) is 2.48. The molecule has 0 saturated carbocycles. The Labute approximate surface area is 118 Å². The maximum Gasteiger partial charge on any atom is 0.352 e. The number of aromatic carboxylic acids is 1. The summed E-state index contributed by atoms with van der Waals surface area (Å²) in [6, 6.07) is 7.76. The quantitative estimate of drug-likeness (QED) is 0.759. The van der Waals surface area contributed by atoms with Crippen molar-refractivity contribution in [1.82, 2.24) is 9.88 Å². The zero-order valence-electron chi connectivity index (χ0n) is 11.8. The minimum Gasteiger partial charge on any atom is -0.477 e. The van der Waals surface area contributed by atoms with Gasteiger partial charge >= 0.3 is 5.97 Å². The van der Waals surface area contributed by atoms with Gasteiger partial charge in [0.1, 0.15) is 5.69 Å². The highest BCUT2D eigenvalue weighted by atomic mass is 16.5. The predicted octanol–water partition coefficient (Wildman–Crippen LogP) is 2.00. The summed E-state index contributed by atoms with van der Waals surface area (Å²) in [7, 11) is 3.47. The average molecular weight is 276 g/mol. The molecule has 20 heavy (non-hydrogen) atoms. The number of aromatic nitrogens is 1. The van der Waals surface area contributed by atoms with Crippen LogP contribution in [0.3, 0.4) is 0 Å². The van der Waals surface area contributed by atoms with E-state index < -0.39 is 5.97 Å². The molecule has 2 rings (SSSR count).